The minimum absolute atomic E-state index is 0.124. The molecule has 1 unspecified atom stereocenters. The maximum Gasteiger partial charge on any atom is 0.264 e. The summed E-state index contributed by atoms with van der Waals surface area (Å²) in [5.74, 6) is -0.258. The van der Waals surface area contributed by atoms with Crippen LogP contribution < -0.4 is 4.90 Å². The van der Waals surface area contributed by atoms with Gasteiger partial charge < -0.3 is 14.4 Å². The fourth-order valence-electron chi connectivity index (χ4n) is 3.12. The van der Waals surface area contributed by atoms with Crippen molar-refractivity contribution in [3.05, 3.63) is 53.5 Å². The molecule has 3 rings (SSSR count). The molecule has 1 aliphatic heterocycles. The molecule has 128 valence electrons. The van der Waals surface area contributed by atoms with Crippen LogP contribution >= 0.6 is 0 Å². The van der Waals surface area contributed by atoms with E-state index in [-0.39, 0.29) is 12.2 Å². The maximum absolute atomic E-state index is 12.9. The second-order valence-electron chi connectivity index (χ2n) is 6.11. The molecule has 6 nitrogen and oxygen atoms in total. The number of carbonyl (C=O) groups is 2. The molecular formula is C19H18N2O4. The van der Waals surface area contributed by atoms with Gasteiger partial charge in [0.15, 0.2) is 11.4 Å². The lowest BCUT2D eigenvalue weighted by molar-refractivity contribution is -0.135. The Morgan fingerprint density at radius 1 is 1.32 bits per heavy atom. The molecule has 0 bridgehead atoms. The van der Waals surface area contributed by atoms with Gasteiger partial charge in [-0.15, -0.1) is 0 Å². The topological polar surface area (TPSA) is 94.5 Å². The molecule has 0 saturated carbocycles. The fourth-order valence-corrected chi connectivity index (χ4v) is 3.12. The Morgan fingerprint density at radius 2 is 2.08 bits per heavy atom. The molecule has 1 amide bonds. The summed E-state index contributed by atoms with van der Waals surface area (Å²) < 4.78 is 5.31. The molecule has 2 aromatic rings. The zero-order valence-corrected chi connectivity index (χ0v) is 13.9. The normalized spacial score (nSPS) is 18.9. The molecule has 6 heteroatoms. The number of anilines is 1. The number of benzene rings is 1. The van der Waals surface area contributed by atoms with Crippen molar-refractivity contribution in [3.63, 3.8) is 0 Å². The van der Waals surface area contributed by atoms with Gasteiger partial charge in [-0.1, -0.05) is 18.2 Å². The smallest absolute Gasteiger partial charge is 0.264 e. The van der Waals surface area contributed by atoms with E-state index < -0.39 is 17.3 Å². The minimum atomic E-state index is -1.92. The number of fused-ring (bicyclic) bond motifs is 1. The van der Waals surface area contributed by atoms with Crippen molar-refractivity contribution in [2.45, 2.75) is 31.8 Å². The first kappa shape index (κ1) is 16.9. The number of ketones is 1. The van der Waals surface area contributed by atoms with E-state index in [1.54, 1.807) is 37.3 Å². The number of rotatable bonds is 6. The minimum Gasteiger partial charge on any atom is -0.458 e. The summed E-state index contributed by atoms with van der Waals surface area (Å²) in [6.07, 6.45) is 0.428. The van der Waals surface area contributed by atoms with Gasteiger partial charge in [-0.25, -0.2) is 0 Å². The van der Waals surface area contributed by atoms with Gasteiger partial charge >= 0.3 is 0 Å². The van der Waals surface area contributed by atoms with Gasteiger partial charge in [-0.05, 0) is 31.5 Å². The van der Waals surface area contributed by atoms with Gasteiger partial charge in [-0.3, -0.25) is 9.59 Å². The van der Waals surface area contributed by atoms with E-state index in [1.807, 2.05) is 6.07 Å². The molecule has 0 aliphatic carbocycles. The van der Waals surface area contributed by atoms with E-state index in [0.717, 1.165) is 0 Å². The molecule has 1 atom stereocenters. The third-order valence-electron chi connectivity index (χ3n) is 4.34. The SMILES string of the molecule is Cc1ccc(C(=O)CC2(O)C(=O)N(CCCC#N)c3ccccc32)o1. The average Bonchev–Trinajstić information content (AvgIpc) is 3.12. The largest absolute Gasteiger partial charge is 0.458 e. The quantitative estimate of drug-likeness (QED) is 0.645. The third kappa shape index (κ3) is 2.94. The summed E-state index contributed by atoms with van der Waals surface area (Å²) in [5.41, 5.74) is -0.925. The van der Waals surface area contributed by atoms with E-state index in [9.17, 15) is 14.7 Å². The summed E-state index contributed by atoms with van der Waals surface area (Å²) in [4.78, 5) is 26.8. The number of nitrogens with zero attached hydrogens (tertiary/aromatic N) is 2. The molecule has 1 aromatic carbocycles. The monoisotopic (exact) mass is 338 g/mol. The third-order valence-corrected chi connectivity index (χ3v) is 4.34. The van der Waals surface area contributed by atoms with Crippen LogP contribution in [0.15, 0.2) is 40.8 Å². The first-order chi connectivity index (χ1) is 12.0. The Balaban J connectivity index is 1.91. The first-order valence-electron chi connectivity index (χ1n) is 8.08. The molecule has 0 fully saturated rings. The molecule has 2 heterocycles. The van der Waals surface area contributed by atoms with E-state index in [1.165, 1.54) is 11.0 Å². The van der Waals surface area contributed by atoms with Crippen LogP contribution in [0.2, 0.25) is 0 Å². The van der Waals surface area contributed by atoms with Crippen LogP contribution in [-0.2, 0) is 10.4 Å². The Hall–Kier alpha value is -2.91. The predicted molar refractivity (Wildman–Crippen MR) is 89.9 cm³/mol. The second kappa shape index (κ2) is 6.54. The van der Waals surface area contributed by atoms with Crippen LogP contribution in [0.3, 0.4) is 0 Å². The molecule has 1 aliphatic rings. The van der Waals surface area contributed by atoms with E-state index in [4.69, 9.17) is 9.68 Å². The Bertz CT molecular complexity index is 864. The second-order valence-corrected chi connectivity index (χ2v) is 6.11. The van der Waals surface area contributed by atoms with Crippen molar-refractivity contribution in [2.75, 3.05) is 11.4 Å². The lowest BCUT2D eigenvalue weighted by Gasteiger charge is -2.22. The number of unbranched alkanes of at least 4 members (excludes halogenated alkanes) is 1. The number of aliphatic hydroxyl groups is 1. The van der Waals surface area contributed by atoms with Crippen LogP contribution in [0.1, 0.15) is 41.1 Å². The van der Waals surface area contributed by atoms with Crippen molar-refractivity contribution in [2.24, 2.45) is 0 Å². The summed E-state index contributed by atoms with van der Waals surface area (Å²) in [6, 6.07) is 12.1. The highest BCUT2D eigenvalue weighted by atomic mass is 16.3. The summed E-state index contributed by atoms with van der Waals surface area (Å²) >= 11 is 0. The highest BCUT2D eigenvalue weighted by Crippen LogP contribution is 2.42. The Morgan fingerprint density at radius 3 is 2.76 bits per heavy atom. The maximum atomic E-state index is 12.9. The molecule has 0 radical (unpaired) electrons. The number of aryl methyl sites for hydroxylation is 1. The highest BCUT2D eigenvalue weighted by molar-refractivity contribution is 6.10. The van der Waals surface area contributed by atoms with Gasteiger partial charge in [0.25, 0.3) is 5.91 Å². The molecule has 0 saturated heterocycles. The van der Waals surface area contributed by atoms with E-state index >= 15 is 0 Å². The number of hydrogen-bond acceptors (Lipinski definition) is 5. The highest BCUT2D eigenvalue weighted by Gasteiger charge is 2.50. The summed E-state index contributed by atoms with van der Waals surface area (Å²) in [6.45, 7) is 2.04. The lowest BCUT2D eigenvalue weighted by atomic mass is 9.89. The van der Waals surface area contributed by atoms with Crippen LogP contribution in [0.5, 0.6) is 0 Å². The number of hydrogen-bond donors (Lipinski definition) is 1. The molecule has 0 spiro atoms. The van der Waals surface area contributed by atoms with Gasteiger partial charge in [-0.2, -0.15) is 5.26 Å². The summed E-state index contributed by atoms with van der Waals surface area (Å²) in [7, 11) is 0. The number of para-hydroxylation sites is 1. The van der Waals surface area contributed by atoms with Crippen LogP contribution in [0, 0.1) is 18.3 Å². The van der Waals surface area contributed by atoms with Crippen molar-refractivity contribution < 1.29 is 19.1 Å². The fraction of sp³-hybridized carbons (Fsp3) is 0.316. The van der Waals surface area contributed by atoms with Gasteiger partial charge in [0.1, 0.15) is 5.76 Å². The predicted octanol–water partition coefficient (Wildman–Crippen LogP) is 2.70. The molecule has 1 N–H and O–H groups in total. The Kier molecular flexibility index (Phi) is 4.43. The van der Waals surface area contributed by atoms with E-state index in [2.05, 4.69) is 0 Å². The number of nitriles is 1. The number of Topliss-reactive ketones (excluding diaryl/α,β-unsaturated/α-hetero) is 1. The first-order valence-corrected chi connectivity index (χ1v) is 8.08. The Labute approximate surface area is 145 Å². The molecule has 1 aromatic heterocycles. The zero-order chi connectivity index (χ0) is 18.0. The van der Waals surface area contributed by atoms with Crippen LogP contribution in [0.4, 0.5) is 5.69 Å². The van der Waals surface area contributed by atoms with E-state index in [0.29, 0.717) is 36.4 Å². The zero-order valence-electron chi connectivity index (χ0n) is 13.9. The van der Waals surface area contributed by atoms with Crippen molar-refractivity contribution in [3.8, 4) is 6.07 Å². The summed E-state index contributed by atoms with van der Waals surface area (Å²) in [5, 5.41) is 19.8. The average molecular weight is 338 g/mol. The standard InChI is InChI=1S/C19H18N2O4/c1-13-8-9-17(25-13)16(22)12-19(24)14-6-2-3-7-15(14)21(18(19)23)11-5-4-10-20/h2-3,6-9,24H,4-5,11-12H2,1H3. The number of carbonyl (C=O) groups excluding carboxylic acids is 2. The molecule has 25 heavy (non-hydrogen) atoms. The van der Waals surface area contributed by atoms with Crippen molar-refractivity contribution in [1.29, 1.82) is 5.26 Å². The van der Waals surface area contributed by atoms with Gasteiger partial charge in [0, 0.05) is 18.5 Å². The van der Waals surface area contributed by atoms with Crippen LogP contribution in [0.25, 0.3) is 0 Å². The van der Waals surface area contributed by atoms with Crippen molar-refractivity contribution in [1.82, 2.24) is 0 Å². The number of amides is 1. The van der Waals surface area contributed by atoms with Crippen LogP contribution in [-0.4, -0.2) is 23.3 Å². The van der Waals surface area contributed by atoms with Gasteiger partial charge in [0.05, 0.1) is 18.2 Å². The number of furan rings is 1. The van der Waals surface area contributed by atoms with Gasteiger partial charge in [0.2, 0.25) is 5.78 Å². The molecular weight excluding hydrogens is 320 g/mol. The lowest BCUT2D eigenvalue weighted by Crippen LogP contribution is -2.42. The van der Waals surface area contributed by atoms with Crippen molar-refractivity contribution >= 4 is 17.4 Å².